The predicted molar refractivity (Wildman–Crippen MR) is 31.3 cm³/mol. The third kappa shape index (κ3) is 1.50. The minimum Gasteiger partial charge on any atom is -0.330 e. The molecular formula is C5H8FN3. The fourth-order valence-corrected chi connectivity index (χ4v) is 0.614. The van der Waals surface area contributed by atoms with Crippen molar-refractivity contribution in [3.63, 3.8) is 0 Å². The van der Waals surface area contributed by atoms with Gasteiger partial charge in [0.1, 0.15) is 0 Å². The molecule has 0 saturated carbocycles. The molecule has 1 aromatic heterocycles. The van der Waals surface area contributed by atoms with Gasteiger partial charge in [-0.3, -0.25) is 0 Å². The standard InChI is InChI=1S/C5H8FN3/c6-5-8-3-4(9-5)1-2-7/h3H,1-2,7H2,(H,8,9). The highest BCUT2D eigenvalue weighted by Crippen LogP contribution is 1.93. The highest BCUT2D eigenvalue weighted by atomic mass is 19.1. The molecule has 50 valence electrons. The molecule has 9 heavy (non-hydrogen) atoms. The Hall–Kier alpha value is -0.900. The van der Waals surface area contributed by atoms with Crippen LogP contribution in [0.5, 0.6) is 0 Å². The molecule has 1 rings (SSSR count). The number of nitrogens with one attached hydrogen (secondary N) is 1. The molecule has 0 fully saturated rings. The van der Waals surface area contributed by atoms with Gasteiger partial charge in [0.2, 0.25) is 0 Å². The number of imidazole rings is 1. The highest BCUT2D eigenvalue weighted by Gasteiger charge is 1.95. The van der Waals surface area contributed by atoms with Crippen LogP contribution in [0.4, 0.5) is 4.39 Å². The van der Waals surface area contributed by atoms with Gasteiger partial charge < -0.3 is 10.7 Å². The lowest BCUT2D eigenvalue weighted by Gasteiger charge is -1.86. The third-order valence-electron chi connectivity index (χ3n) is 1.01. The topological polar surface area (TPSA) is 54.7 Å². The van der Waals surface area contributed by atoms with Crippen molar-refractivity contribution in [2.24, 2.45) is 5.73 Å². The van der Waals surface area contributed by atoms with E-state index in [1.54, 1.807) is 0 Å². The molecule has 0 radical (unpaired) electrons. The third-order valence-corrected chi connectivity index (χ3v) is 1.01. The first-order chi connectivity index (χ1) is 4.33. The second kappa shape index (κ2) is 2.59. The maximum atomic E-state index is 12.0. The maximum Gasteiger partial charge on any atom is 0.286 e. The van der Waals surface area contributed by atoms with Crippen molar-refractivity contribution in [1.82, 2.24) is 9.97 Å². The fourth-order valence-electron chi connectivity index (χ4n) is 0.614. The molecule has 3 nitrogen and oxygen atoms in total. The lowest BCUT2D eigenvalue weighted by molar-refractivity contribution is 0.549. The molecule has 1 heterocycles. The van der Waals surface area contributed by atoms with E-state index in [4.69, 9.17) is 5.73 Å². The molecule has 0 aliphatic carbocycles. The maximum absolute atomic E-state index is 12.0. The number of aromatic amines is 1. The normalized spacial score (nSPS) is 10.0. The van der Waals surface area contributed by atoms with Crippen LogP contribution < -0.4 is 5.73 Å². The summed E-state index contributed by atoms with van der Waals surface area (Å²) in [6.07, 6.45) is 1.55. The van der Waals surface area contributed by atoms with Crippen molar-refractivity contribution in [3.8, 4) is 0 Å². The Kier molecular flexibility index (Phi) is 1.79. The Labute approximate surface area is 52.1 Å². The van der Waals surface area contributed by atoms with Crippen LogP contribution in [-0.4, -0.2) is 16.5 Å². The molecular weight excluding hydrogens is 121 g/mol. The first-order valence-corrected chi connectivity index (χ1v) is 2.72. The summed E-state index contributed by atoms with van der Waals surface area (Å²) in [6.45, 7) is 0.516. The van der Waals surface area contributed by atoms with E-state index in [0.717, 1.165) is 5.69 Å². The summed E-state index contributed by atoms with van der Waals surface area (Å²) in [5, 5.41) is 0. The van der Waals surface area contributed by atoms with E-state index in [2.05, 4.69) is 9.97 Å². The van der Waals surface area contributed by atoms with Gasteiger partial charge in [0.25, 0.3) is 6.08 Å². The minimum atomic E-state index is -0.543. The number of H-pyrrole nitrogens is 1. The highest BCUT2D eigenvalue weighted by molar-refractivity contribution is 4.95. The number of halogens is 1. The molecule has 0 aromatic carbocycles. The van der Waals surface area contributed by atoms with Crippen molar-refractivity contribution in [3.05, 3.63) is 18.0 Å². The zero-order valence-electron chi connectivity index (χ0n) is 4.89. The molecule has 0 atom stereocenters. The number of rotatable bonds is 2. The van der Waals surface area contributed by atoms with Crippen LogP contribution in [-0.2, 0) is 6.42 Å². The Morgan fingerprint density at radius 1 is 1.78 bits per heavy atom. The van der Waals surface area contributed by atoms with Gasteiger partial charge in [-0.25, -0.2) is 4.98 Å². The van der Waals surface area contributed by atoms with Crippen LogP contribution in [0, 0.1) is 6.08 Å². The summed E-state index contributed by atoms with van der Waals surface area (Å²) in [7, 11) is 0. The summed E-state index contributed by atoms with van der Waals surface area (Å²) in [5.74, 6) is 0. The smallest absolute Gasteiger partial charge is 0.286 e. The molecule has 0 bridgehead atoms. The van der Waals surface area contributed by atoms with Gasteiger partial charge in [-0.05, 0) is 6.54 Å². The number of hydrogen-bond donors (Lipinski definition) is 2. The molecule has 0 amide bonds. The zero-order chi connectivity index (χ0) is 6.69. The summed E-state index contributed by atoms with van der Waals surface area (Å²) in [5.41, 5.74) is 5.94. The molecule has 3 N–H and O–H groups in total. The van der Waals surface area contributed by atoms with Crippen LogP contribution in [0.3, 0.4) is 0 Å². The van der Waals surface area contributed by atoms with Crippen molar-refractivity contribution >= 4 is 0 Å². The molecule has 0 aliphatic heterocycles. The van der Waals surface area contributed by atoms with Crippen LogP contribution in [0.15, 0.2) is 6.20 Å². The Balaban J connectivity index is 2.61. The Bertz CT molecular complexity index is 184. The molecule has 0 unspecified atom stereocenters. The monoisotopic (exact) mass is 129 g/mol. The SMILES string of the molecule is NCCc1cnc(F)[nH]1. The average molecular weight is 129 g/mol. The van der Waals surface area contributed by atoms with Gasteiger partial charge in [0, 0.05) is 12.1 Å². The Morgan fingerprint density at radius 3 is 3.00 bits per heavy atom. The number of nitrogens with two attached hydrogens (primary N) is 1. The number of hydrogen-bond acceptors (Lipinski definition) is 2. The van der Waals surface area contributed by atoms with Gasteiger partial charge in [0.15, 0.2) is 0 Å². The van der Waals surface area contributed by atoms with Crippen molar-refractivity contribution in [2.75, 3.05) is 6.54 Å². The van der Waals surface area contributed by atoms with Crippen LogP contribution >= 0.6 is 0 Å². The van der Waals surface area contributed by atoms with Crippen molar-refractivity contribution in [2.45, 2.75) is 6.42 Å². The van der Waals surface area contributed by atoms with Crippen LogP contribution in [0.25, 0.3) is 0 Å². The van der Waals surface area contributed by atoms with E-state index in [1.807, 2.05) is 0 Å². The molecule has 0 saturated heterocycles. The van der Waals surface area contributed by atoms with Gasteiger partial charge in [-0.1, -0.05) is 0 Å². The van der Waals surface area contributed by atoms with E-state index < -0.39 is 6.08 Å². The van der Waals surface area contributed by atoms with Gasteiger partial charge in [-0.15, -0.1) is 0 Å². The van der Waals surface area contributed by atoms with E-state index in [9.17, 15) is 4.39 Å². The summed E-state index contributed by atoms with van der Waals surface area (Å²) in [4.78, 5) is 5.78. The Morgan fingerprint density at radius 2 is 2.56 bits per heavy atom. The van der Waals surface area contributed by atoms with Crippen molar-refractivity contribution in [1.29, 1.82) is 0 Å². The molecule has 0 aliphatic rings. The fraction of sp³-hybridized carbons (Fsp3) is 0.400. The first kappa shape index (κ1) is 6.22. The quantitative estimate of drug-likeness (QED) is 0.592. The van der Waals surface area contributed by atoms with Crippen LogP contribution in [0.2, 0.25) is 0 Å². The number of aromatic nitrogens is 2. The van der Waals surface area contributed by atoms with Gasteiger partial charge in [-0.2, -0.15) is 4.39 Å². The van der Waals surface area contributed by atoms with E-state index >= 15 is 0 Å². The first-order valence-electron chi connectivity index (χ1n) is 2.72. The second-order valence-electron chi connectivity index (χ2n) is 1.74. The summed E-state index contributed by atoms with van der Waals surface area (Å²) in [6, 6.07) is 0. The predicted octanol–water partition coefficient (Wildman–Crippen LogP) is 0.0500. The molecule has 1 aromatic rings. The van der Waals surface area contributed by atoms with Gasteiger partial charge in [0.05, 0.1) is 6.20 Å². The summed E-state index contributed by atoms with van der Waals surface area (Å²) < 4.78 is 12.0. The van der Waals surface area contributed by atoms with E-state index in [0.29, 0.717) is 13.0 Å². The van der Waals surface area contributed by atoms with Crippen LogP contribution in [0.1, 0.15) is 5.69 Å². The molecule has 4 heteroatoms. The summed E-state index contributed by atoms with van der Waals surface area (Å²) >= 11 is 0. The minimum absolute atomic E-state index is 0.516. The lowest BCUT2D eigenvalue weighted by atomic mass is 10.3. The molecule has 0 spiro atoms. The van der Waals surface area contributed by atoms with E-state index in [1.165, 1.54) is 6.20 Å². The number of nitrogens with zero attached hydrogens (tertiary/aromatic N) is 1. The van der Waals surface area contributed by atoms with Crippen molar-refractivity contribution < 1.29 is 4.39 Å². The average Bonchev–Trinajstić information content (AvgIpc) is 2.17. The van der Waals surface area contributed by atoms with Gasteiger partial charge >= 0.3 is 0 Å². The largest absolute Gasteiger partial charge is 0.330 e. The second-order valence-corrected chi connectivity index (χ2v) is 1.74. The zero-order valence-corrected chi connectivity index (χ0v) is 4.89. The van der Waals surface area contributed by atoms with E-state index in [-0.39, 0.29) is 0 Å². The lowest BCUT2D eigenvalue weighted by Crippen LogP contribution is -2.02.